The normalized spacial score (nSPS) is 16.5. The van der Waals surface area contributed by atoms with Crippen molar-refractivity contribution < 1.29 is 0 Å². The van der Waals surface area contributed by atoms with Crippen LogP contribution in [0.5, 0.6) is 0 Å². The second-order valence-corrected chi connectivity index (χ2v) is 10.3. The molecule has 174 valence electrons. The average molecular weight is 459 g/mol. The van der Waals surface area contributed by atoms with E-state index in [1.165, 1.54) is 39.2 Å². The first-order valence-corrected chi connectivity index (χ1v) is 13.3. The minimum Gasteiger partial charge on any atom is -0.372 e. The van der Waals surface area contributed by atoms with Crippen LogP contribution < -0.4 is 9.80 Å². The van der Waals surface area contributed by atoms with E-state index in [-0.39, 0.29) is 4.75 Å². The Bertz CT molecular complexity index is 1020. The molecule has 1 heterocycles. The summed E-state index contributed by atoms with van der Waals surface area (Å²) in [4.78, 5) is 4.87. The molecular formula is C30H38N2S. The maximum atomic E-state index is 2.43. The lowest BCUT2D eigenvalue weighted by Gasteiger charge is -2.27. The second-order valence-electron chi connectivity index (χ2n) is 8.99. The van der Waals surface area contributed by atoms with Gasteiger partial charge in [0.2, 0.25) is 0 Å². The van der Waals surface area contributed by atoms with Gasteiger partial charge < -0.3 is 9.80 Å². The highest BCUT2D eigenvalue weighted by Crippen LogP contribution is 2.75. The number of nitrogens with zero attached hydrogens (tertiary/aromatic N) is 2. The van der Waals surface area contributed by atoms with Crippen LogP contribution in [-0.2, 0) is 4.75 Å². The summed E-state index contributed by atoms with van der Waals surface area (Å²) in [7, 11) is 0. The fourth-order valence-corrected chi connectivity index (χ4v) is 7.04. The summed E-state index contributed by atoms with van der Waals surface area (Å²) in [6.45, 7) is 17.7. The van der Waals surface area contributed by atoms with Crippen LogP contribution >= 0.6 is 11.8 Å². The molecule has 1 atom stereocenters. The Morgan fingerprint density at radius 2 is 1.12 bits per heavy atom. The van der Waals surface area contributed by atoms with Crippen LogP contribution in [-0.4, -0.2) is 26.2 Å². The predicted molar refractivity (Wildman–Crippen MR) is 147 cm³/mol. The first-order valence-electron chi connectivity index (χ1n) is 12.4. The van der Waals surface area contributed by atoms with Crippen molar-refractivity contribution in [1.29, 1.82) is 0 Å². The van der Waals surface area contributed by atoms with E-state index in [1.54, 1.807) is 0 Å². The number of hydrogen-bond acceptors (Lipinski definition) is 3. The van der Waals surface area contributed by atoms with Crippen LogP contribution in [0.4, 0.5) is 11.4 Å². The summed E-state index contributed by atoms with van der Waals surface area (Å²) in [6, 6.07) is 25.3. The van der Waals surface area contributed by atoms with Gasteiger partial charge in [0.15, 0.2) is 0 Å². The van der Waals surface area contributed by atoms with Gasteiger partial charge in [-0.15, -0.1) is 11.8 Å². The highest BCUT2D eigenvalue weighted by molar-refractivity contribution is 8.07. The average Bonchev–Trinajstić information content (AvgIpc) is 3.57. The summed E-state index contributed by atoms with van der Waals surface area (Å²) < 4.78 is -0.0287. The Morgan fingerprint density at radius 3 is 1.52 bits per heavy atom. The number of thioether (sulfide) groups is 1. The number of anilines is 2. The molecule has 1 saturated heterocycles. The molecule has 1 aliphatic heterocycles. The van der Waals surface area contributed by atoms with Crippen LogP contribution in [0.3, 0.4) is 0 Å². The molecule has 1 fully saturated rings. The summed E-state index contributed by atoms with van der Waals surface area (Å²) >= 11 is 2.10. The van der Waals surface area contributed by atoms with Gasteiger partial charge >= 0.3 is 0 Å². The lowest BCUT2D eigenvalue weighted by molar-refractivity contribution is 0.803. The maximum absolute atomic E-state index is 2.43. The van der Waals surface area contributed by atoms with Gasteiger partial charge in [-0.3, -0.25) is 0 Å². The number of benzene rings is 3. The molecule has 1 unspecified atom stereocenters. The second kappa shape index (κ2) is 9.85. The molecule has 33 heavy (non-hydrogen) atoms. The van der Waals surface area contributed by atoms with Crippen molar-refractivity contribution in [3.8, 4) is 0 Å². The third-order valence-electron chi connectivity index (χ3n) is 7.20. The molecular weight excluding hydrogens is 420 g/mol. The molecule has 0 radical (unpaired) electrons. The quantitative estimate of drug-likeness (QED) is 0.303. The lowest BCUT2D eigenvalue weighted by atomic mass is 9.81. The van der Waals surface area contributed by atoms with Crippen molar-refractivity contribution in [2.24, 2.45) is 0 Å². The standard InChI is InChI=1S/C30H38N2S/c1-7-31(8-2)25-16-18-27(22(5)20-25)30(29(33-30)24-14-12-11-13-15-24)28-19-17-26(21-23(28)6)32(9-3)10-4/h11-21,29H,7-10H2,1-6H3. The summed E-state index contributed by atoms with van der Waals surface area (Å²) in [5.41, 5.74) is 9.75. The largest absolute Gasteiger partial charge is 0.372 e. The Hall–Kier alpha value is -2.39. The van der Waals surface area contributed by atoms with E-state index in [0.717, 1.165) is 26.2 Å². The topological polar surface area (TPSA) is 6.48 Å². The van der Waals surface area contributed by atoms with Crippen LogP contribution in [0, 0.1) is 13.8 Å². The molecule has 0 amide bonds. The van der Waals surface area contributed by atoms with E-state index < -0.39 is 0 Å². The monoisotopic (exact) mass is 458 g/mol. The van der Waals surface area contributed by atoms with Gasteiger partial charge in [-0.25, -0.2) is 0 Å². The van der Waals surface area contributed by atoms with Gasteiger partial charge in [0.25, 0.3) is 0 Å². The van der Waals surface area contributed by atoms with Gasteiger partial charge in [0.1, 0.15) is 0 Å². The van der Waals surface area contributed by atoms with Gasteiger partial charge in [0.05, 0.1) is 10.00 Å². The molecule has 0 aromatic heterocycles. The fourth-order valence-electron chi connectivity index (χ4n) is 5.34. The Morgan fingerprint density at radius 1 is 0.667 bits per heavy atom. The highest BCUT2D eigenvalue weighted by Gasteiger charge is 2.59. The minimum atomic E-state index is -0.0287. The third-order valence-corrected chi connectivity index (χ3v) is 8.85. The first kappa shape index (κ1) is 23.8. The molecule has 0 aliphatic carbocycles. The summed E-state index contributed by atoms with van der Waals surface area (Å²) in [6.07, 6.45) is 0. The van der Waals surface area contributed by atoms with Crippen molar-refractivity contribution in [3.05, 3.63) is 94.5 Å². The molecule has 0 spiro atoms. The van der Waals surface area contributed by atoms with Crippen molar-refractivity contribution in [1.82, 2.24) is 0 Å². The van der Waals surface area contributed by atoms with E-state index in [1.807, 2.05) is 0 Å². The predicted octanol–water partition coefficient (Wildman–Crippen LogP) is 7.73. The smallest absolute Gasteiger partial charge is 0.0828 e. The molecule has 3 aromatic rings. The zero-order chi connectivity index (χ0) is 23.6. The number of rotatable bonds is 9. The van der Waals surface area contributed by atoms with Gasteiger partial charge in [-0.1, -0.05) is 42.5 Å². The molecule has 4 rings (SSSR count). The lowest BCUT2D eigenvalue weighted by Crippen LogP contribution is -2.23. The SMILES string of the molecule is CCN(CC)c1ccc(C2(c3ccc(N(CC)CC)cc3C)SC2c2ccccc2)c(C)c1. The van der Waals surface area contributed by atoms with Crippen LogP contribution in [0.15, 0.2) is 66.7 Å². The Kier molecular flexibility index (Phi) is 7.09. The molecule has 1 aliphatic rings. The number of aryl methyl sites for hydroxylation is 2. The van der Waals surface area contributed by atoms with E-state index in [4.69, 9.17) is 0 Å². The van der Waals surface area contributed by atoms with E-state index >= 15 is 0 Å². The molecule has 2 nitrogen and oxygen atoms in total. The van der Waals surface area contributed by atoms with Gasteiger partial charge in [-0.05, 0) is 93.6 Å². The van der Waals surface area contributed by atoms with Gasteiger partial charge in [0, 0.05) is 37.6 Å². The zero-order valence-corrected chi connectivity index (χ0v) is 21.9. The molecule has 3 aromatic carbocycles. The molecule has 0 saturated carbocycles. The zero-order valence-electron chi connectivity index (χ0n) is 21.1. The first-order chi connectivity index (χ1) is 16.0. The molecule has 0 bridgehead atoms. The van der Waals surface area contributed by atoms with E-state index in [0.29, 0.717) is 5.25 Å². The molecule has 0 N–H and O–H groups in total. The highest BCUT2D eigenvalue weighted by atomic mass is 32.2. The minimum absolute atomic E-state index is 0.0287. The maximum Gasteiger partial charge on any atom is 0.0828 e. The Balaban J connectivity index is 1.82. The van der Waals surface area contributed by atoms with Crippen molar-refractivity contribution in [3.63, 3.8) is 0 Å². The van der Waals surface area contributed by atoms with Crippen LogP contribution in [0.25, 0.3) is 0 Å². The van der Waals surface area contributed by atoms with E-state index in [2.05, 4.69) is 130 Å². The van der Waals surface area contributed by atoms with Crippen LogP contribution in [0.2, 0.25) is 0 Å². The third kappa shape index (κ3) is 4.28. The van der Waals surface area contributed by atoms with Crippen molar-refractivity contribution in [2.75, 3.05) is 36.0 Å². The summed E-state index contributed by atoms with van der Waals surface area (Å²) in [5, 5.41) is 0.440. The van der Waals surface area contributed by atoms with E-state index in [9.17, 15) is 0 Å². The van der Waals surface area contributed by atoms with Crippen molar-refractivity contribution in [2.45, 2.75) is 51.5 Å². The fraction of sp³-hybridized carbons (Fsp3) is 0.400. The van der Waals surface area contributed by atoms with Crippen LogP contribution in [0.1, 0.15) is 60.8 Å². The summed E-state index contributed by atoms with van der Waals surface area (Å²) in [5.74, 6) is 0. The number of hydrogen-bond donors (Lipinski definition) is 0. The van der Waals surface area contributed by atoms with Gasteiger partial charge in [-0.2, -0.15) is 0 Å². The molecule has 3 heteroatoms. The van der Waals surface area contributed by atoms with Crippen molar-refractivity contribution >= 4 is 23.1 Å². The Labute approximate surface area is 205 Å².